The molecule has 96 valence electrons. The van der Waals surface area contributed by atoms with E-state index >= 15 is 0 Å². The maximum Gasteiger partial charge on any atom is 0.123 e. The van der Waals surface area contributed by atoms with Crippen molar-refractivity contribution in [2.75, 3.05) is 27.4 Å². The molecule has 0 heterocycles. The van der Waals surface area contributed by atoms with Gasteiger partial charge in [-0.25, -0.2) is 0 Å². The van der Waals surface area contributed by atoms with Crippen molar-refractivity contribution in [3.8, 4) is 5.75 Å². The lowest BCUT2D eigenvalue weighted by atomic mass is 10.2. The van der Waals surface area contributed by atoms with Crippen LogP contribution in [0.25, 0.3) is 0 Å². The number of hydrogen-bond donors (Lipinski definition) is 1. The maximum atomic E-state index is 6.03. The van der Waals surface area contributed by atoms with E-state index < -0.39 is 0 Å². The highest BCUT2D eigenvalue weighted by molar-refractivity contribution is 6.20. The van der Waals surface area contributed by atoms with Gasteiger partial charge in [0.25, 0.3) is 0 Å². The molecule has 0 saturated carbocycles. The Morgan fingerprint density at radius 3 is 2.76 bits per heavy atom. The van der Waals surface area contributed by atoms with E-state index in [-0.39, 0.29) is 5.38 Å². The second-order valence-corrected chi connectivity index (χ2v) is 4.45. The van der Waals surface area contributed by atoms with Crippen molar-refractivity contribution >= 4 is 11.6 Å². The molecule has 0 spiro atoms. The van der Waals surface area contributed by atoms with Gasteiger partial charge in [0.15, 0.2) is 0 Å². The molecule has 0 saturated heterocycles. The number of alkyl halides is 1. The van der Waals surface area contributed by atoms with E-state index in [0.29, 0.717) is 6.61 Å². The molecule has 1 N–H and O–H groups in total. The van der Waals surface area contributed by atoms with E-state index in [1.54, 1.807) is 14.2 Å². The Labute approximate surface area is 108 Å². The van der Waals surface area contributed by atoms with Crippen molar-refractivity contribution in [2.45, 2.75) is 18.3 Å². The minimum atomic E-state index is 0.0742. The molecule has 0 aliphatic rings. The average Bonchev–Trinajstić information content (AvgIpc) is 2.35. The lowest BCUT2D eigenvalue weighted by Crippen LogP contribution is -2.20. The summed E-state index contributed by atoms with van der Waals surface area (Å²) in [6, 6.07) is 8.00. The van der Waals surface area contributed by atoms with Crippen LogP contribution in [0.1, 0.15) is 12.0 Å². The van der Waals surface area contributed by atoms with Crippen LogP contribution in [0.15, 0.2) is 24.3 Å². The van der Waals surface area contributed by atoms with E-state index in [1.807, 2.05) is 18.2 Å². The fourth-order valence-corrected chi connectivity index (χ4v) is 1.83. The molecule has 0 aliphatic heterocycles. The number of ether oxygens (including phenoxy) is 2. The summed E-state index contributed by atoms with van der Waals surface area (Å²) in [4.78, 5) is 0. The molecule has 17 heavy (non-hydrogen) atoms. The number of hydrogen-bond acceptors (Lipinski definition) is 3. The molecule has 1 aromatic carbocycles. The highest BCUT2D eigenvalue weighted by Crippen LogP contribution is 2.16. The van der Waals surface area contributed by atoms with Crippen molar-refractivity contribution in [2.24, 2.45) is 0 Å². The van der Waals surface area contributed by atoms with E-state index in [9.17, 15) is 0 Å². The van der Waals surface area contributed by atoms with Gasteiger partial charge in [-0.1, -0.05) is 18.2 Å². The summed E-state index contributed by atoms with van der Waals surface area (Å²) in [5.74, 6) is 0.916. The van der Waals surface area contributed by atoms with Crippen molar-refractivity contribution in [1.29, 1.82) is 0 Å². The minimum Gasteiger partial charge on any atom is -0.496 e. The van der Waals surface area contributed by atoms with Gasteiger partial charge < -0.3 is 14.8 Å². The summed E-state index contributed by atoms with van der Waals surface area (Å²) in [6.45, 7) is 2.26. The van der Waals surface area contributed by atoms with E-state index in [0.717, 1.165) is 30.8 Å². The van der Waals surface area contributed by atoms with Gasteiger partial charge in [-0.2, -0.15) is 0 Å². The van der Waals surface area contributed by atoms with Crippen LogP contribution < -0.4 is 10.1 Å². The lowest BCUT2D eigenvalue weighted by molar-refractivity contribution is 0.195. The van der Waals surface area contributed by atoms with E-state index in [2.05, 4.69) is 11.4 Å². The van der Waals surface area contributed by atoms with Gasteiger partial charge in [0.1, 0.15) is 5.75 Å². The summed E-state index contributed by atoms with van der Waals surface area (Å²) < 4.78 is 10.3. The standard InChI is InChI=1S/C13H20ClNO2/c1-16-10-12(14)7-8-15-9-11-5-3-4-6-13(11)17-2/h3-6,12,15H,7-10H2,1-2H3. The molecule has 1 rings (SSSR count). The fourth-order valence-electron chi connectivity index (χ4n) is 1.59. The second kappa shape index (κ2) is 8.34. The molecule has 4 heteroatoms. The van der Waals surface area contributed by atoms with Gasteiger partial charge in [0.2, 0.25) is 0 Å². The molecular weight excluding hydrogens is 238 g/mol. The quantitative estimate of drug-likeness (QED) is 0.573. The van der Waals surface area contributed by atoms with Crippen LogP contribution in [0.4, 0.5) is 0 Å². The van der Waals surface area contributed by atoms with Crippen molar-refractivity contribution in [1.82, 2.24) is 5.32 Å². The molecule has 0 radical (unpaired) electrons. The molecule has 0 bridgehead atoms. The third kappa shape index (κ3) is 5.39. The number of para-hydroxylation sites is 1. The Kier molecular flexibility index (Phi) is 7.01. The summed E-state index contributed by atoms with van der Waals surface area (Å²) in [5, 5.41) is 3.42. The molecule has 1 aromatic rings. The Bertz CT molecular complexity index is 320. The molecule has 0 amide bonds. The molecule has 1 atom stereocenters. The summed E-state index contributed by atoms with van der Waals surface area (Å²) in [5.41, 5.74) is 1.16. The van der Waals surface area contributed by atoms with Crippen LogP contribution >= 0.6 is 11.6 Å². The Morgan fingerprint density at radius 2 is 2.06 bits per heavy atom. The third-order valence-electron chi connectivity index (χ3n) is 2.49. The van der Waals surface area contributed by atoms with Crippen LogP contribution in [0.3, 0.4) is 0 Å². The first-order valence-electron chi connectivity index (χ1n) is 5.73. The molecule has 0 fully saturated rings. The summed E-state index contributed by atoms with van der Waals surface area (Å²) >= 11 is 6.03. The summed E-state index contributed by atoms with van der Waals surface area (Å²) in [7, 11) is 3.35. The molecule has 0 aliphatic carbocycles. The van der Waals surface area contributed by atoms with E-state index in [1.165, 1.54) is 0 Å². The van der Waals surface area contributed by atoms with Crippen LogP contribution in [0, 0.1) is 0 Å². The SMILES string of the molecule is COCC(Cl)CCNCc1ccccc1OC. The molecular formula is C13H20ClNO2. The minimum absolute atomic E-state index is 0.0742. The van der Waals surface area contributed by atoms with E-state index in [4.69, 9.17) is 21.1 Å². The molecule has 0 aromatic heterocycles. The Morgan fingerprint density at radius 1 is 1.29 bits per heavy atom. The number of halogens is 1. The fraction of sp³-hybridized carbons (Fsp3) is 0.538. The zero-order valence-corrected chi connectivity index (χ0v) is 11.2. The second-order valence-electron chi connectivity index (χ2n) is 3.83. The van der Waals surface area contributed by atoms with Crippen molar-refractivity contribution < 1.29 is 9.47 Å². The van der Waals surface area contributed by atoms with Gasteiger partial charge in [0.05, 0.1) is 19.1 Å². The van der Waals surface area contributed by atoms with Gasteiger partial charge in [-0.3, -0.25) is 0 Å². The predicted molar refractivity (Wildman–Crippen MR) is 70.8 cm³/mol. The Balaban J connectivity index is 2.26. The largest absolute Gasteiger partial charge is 0.496 e. The van der Waals surface area contributed by atoms with Crippen LogP contribution in [0.5, 0.6) is 5.75 Å². The first-order valence-corrected chi connectivity index (χ1v) is 6.17. The van der Waals surface area contributed by atoms with Gasteiger partial charge >= 0.3 is 0 Å². The lowest BCUT2D eigenvalue weighted by Gasteiger charge is -2.11. The van der Waals surface area contributed by atoms with Crippen LogP contribution in [-0.4, -0.2) is 32.7 Å². The number of benzene rings is 1. The van der Waals surface area contributed by atoms with Gasteiger partial charge in [-0.05, 0) is 19.0 Å². The number of rotatable bonds is 8. The predicted octanol–water partition coefficient (Wildman–Crippen LogP) is 2.43. The normalized spacial score (nSPS) is 12.4. The highest BCUT2D eigenvalue weighted by Gasteiger charge is 2.04. The number of nitrogens with one attached hydrogen (secondary N) is 1. The topological polar surface area (TPSA) is 30.5 Å². The highest BCUT2D eigenvalue weighted by atomic mass is 35.5. The summed E-state index contributed by atoms with van der Waals surface area (Å²) in [6.07, 6.45) is 0.893. The maximum absolute atomic E-state index is 6.03. The van der Waals surface area contributed by atoms with Crippen molar-refractivity contribution in [3.05, 3.63) is 29.8 Å². The Hall–Kier alpha value is -0.770. The molecule has 1 unspecified atom stereocenters. The molecule has 3 nitrogen and oxygen atoms in total. The first-order chi connectivity index (χ1) is 8.27. The van der Waals surface area contributed by atoms with Crippen LogP contribution in [-0.2, 0) is 11.3 Å². The zero-order valence-electron chi connectivity index (χ0n) is 10.4. The van der Waals surface area contributed by atoms with Gasteiger partial charge in [-0.15, -0.1) is 11.6 Å². The first kappa shape index (κ1) is 14.3. The average molecular weight is 258 g/mol. The van der Waals surface area contributed by atoms with Gasteiger partial charge in [0, 0.05) is 19.2 Å². The van der Waals surface area contributed by atoms with Crippen LogP contribution in [0.2, 0.25) is 0 Å². The smallest absolute Gasteiger partial charge is 0.123 e. The number of methoxy groups -OCH3 is 2. The monoisotopic (exact) mass is 257 g/mol. The third-order valence-corrected chi connectivity index (χ3v) is 2.83. The zero-order chi connectivity index (χ0) is 12.5. The van der Waals surface area contributed by atoms with Crippen molar-refractivity contribution in [3.63, 3.8) is 0 Å².